The maximum absolute atomic E-state index is 5.74. The summed E-state index contributed by atoms with van der Waals surface area (Å²) in [7, 11) is 0. The average Bonchev–Trinajstić information content (AvgIpc) is 3.18. The van der Waals surface area contributed by atoms with Crippen molar-refractivity contribution >= 4 is 0 Å². The van der Waals surface area contributed by atoms with Gasteiger partial charge in [0.1, 0.15) is 0 Å². The second-order valence-electron chi connectivity index (χ2n) is 6.79. The summed E-state index contributed by atoms with van der Waals surface area (Å²) in [6, 6.07) is 0.199. The predicted molar refractivity (Wildman–Crippen MR) is 83.8 cm³/mol. The first-order valence-corrected chi connectivity index (χ1v) is 8.55. The van der Waals surface area contributed by atoms with Crippen LogP contribution in [0.2, 0.25) is 0 Å². The topological polar surface area (TPSA) is 54.6 Å². The minimum atomic E-state index is 0.199. The summed E-state index contributed by atoms with van der Waals surface area (Å²) in [5.41, 5.74) is 0. The lowest BCUT2D eigenvalue weighted by molar-refractivity contribution is 0.0379. The molecular formula is C16H28N4O2. The third kappa shape index (κ3) is 3.67. The zero-order valence-electron chi connectivity index (χ0n) is 14.0. The zero-order chi connectivity index (χ0) is 15.5. The van der Waals surface area contributed by atoms with E-state index in [9.17, 15) is 0 Å². The van der Waals surface area contributed by atoms with Crippen LogP contribution < -0.4 is 0 Å². The lowest BCUT2D eigenvalue weighted by Crippen LogP contribution is -2.49. The van der Waals surface area contributed by atoms with E-state index >= 15 is 0 Å². The Balaban J connectivity index is 1.49. The van der Waals surface area contributed by atoms with E-state index in [1.807, 2.05) is 0 Å². The fourth-order valence-electron chi connectivity index (χ4n) is 3.22. The van der Waals surface area contributed by atoms with Crippen molar-refractivity contribution < 1.29 is 9.26 Å². The van der Waals surface area contributed by atoms with E-state index in [0.717, 1.165) is 51.0 Å². The van der Waals surface area contributed by atoms with Crippen LogP contribution in [0.4, 0.5) is 0 Å². The van der Waals surface area contributed by atoms with Crippen LogP contribution in [0, 0.1) is 0 Å². The Hall–Kier alpha value is -0.980. The van der Waals surface area contributed by atoms with Gasteiger partial charge in [-0.3, -0.25) is 9.80 Å². The highest BCUT2D eigenvalue weighted by Crippen LogP contribution is 2.22. The molecule has 2 atom stereocenters. The molecule has 0 bridgehead atoms. The Kier molecular flexibility index (Phi) is 5.10. The number of aromatic nitrogens is 2. The number of rotatable bonds is 5. The molecule has 1 aromatic heterocycles. The van der Waals surface area contributed by atoms with Crippen molar-refractivity contribution in [2.75, 3.05) is 39.3 Å². The summed E-state index contributed by atoms with van der Waals surface area (Å²) >= 11 is 0. The van der Waals surface area contributed by atoms with E-state index in [1.165, 1.54) is 12.8 Å². The monoisotopic (exact) mass is 308 g/mol. The van der Waals surface area contributed by atoms with Gasteiger partial charge in [0.05, 0.1) is 12.1 Å². The normalized spacial score (nSPS) is 25.9. The Morgan fingerprint density at radius 3 is 2.55 bits per heavy atom. The van der Waals surface area contributed by atoms with Gasteiger partial charge in [0.25, 0.3) is 0 Å². The molecule has 2 aliphatic rings. The number of hydrogen-bond donors (Lipinski definition) is 0. The fraction of sp³-hybridized carbons (Fsp3) is 0.875. The van der Waals surface area contributed by atoms with Crippen molar-refractivity contribution in [2.45, 2.75) is 51.7 Å². The van der Waals surface area contributed by atoms with Gasteiger partial charge in [-0.25, -0.2) is 0 Å². The van der Waals surface area contributed by atoms with Crippen molar-refractivity contribution in [3.8, 4) is 0 Å². The molecule has 6 heteroatoms. The first kappa shape index (κ1) is 15.9. The molecule has 0 saturated carbocycles. The van der Waals surface area contributed by atoms with Crippen molar-refractivity contribution in [2.24, 2.45) is 0 Å². The SMILES string of the molecule is CC(C)c1noc([C@H](C)N2CCN(C[C@@H]3CCCO3)CC2)n1. The van der Waals surface area contributed by atoms with Crippen molar-refractivity contribution in [3.63, 3.8) is 0 Å². The van der Waals surface area contributed by atoms with Crippen LogP contribution in [0.1, 0.15) is 57.3 Å². The Morgan fingerprint density at radius 1 is 1.18 bits per heavy atom. The molecule has 0 aliphatic carbocycles. The second kappa shape index (κ2) is 7.06. The van der Waals surface area contributed by atoms with Crippen LogP contribution in [0.15, 0.2) is 4.52 Å². The molecule has 0 N–H and O–H groups in total. The number of hydrogen-bond acceptors (Lipinski definition) is 6. The first-order valence-electron chi connectivity index (χ1n) is 8.55. The fourth-order valence-corrected chi connectivity index (χ4v) is 3.22. The molecule has 3 heterocycles. The third-order valence-corrected chi connectivity index (χ3v) is 4.77. The Bertz CT molecular complexity index is 462. The maximum atomic E-state index is 5.74. The molecule has 22 heavy (non-hydrogen) atoms. The summed E-state index contributed by atoms with van der Waals surface area (Å²) < 4.78 is 11.2. The van der Waals surface area contributed by atoms with Gasteiger partial charge in [0.2, 0.25) is 5.89 Å². The molecule has 0 amide bonds. The van der Waals surface area contributed by atoms with E-state index in [-0.39, 0.29) is 6.04 Å². The molecule has 2 fully saturated rings. The van der Waals surface area contributed by atoms with Gasteiger partial charge in [-0.2, -0.15) is 4.98 Å². The molecule has 0 spiro atoms. The minimum absolute atomic E-state index is 0.199. The van der Waals surface area contributed by atoms with Gasteiger partial charge in [-0.15, -0.1) is 0 Å². The van der Waals surface area contributed by atoms with Crippen LogP contribution in [-0.4, -0.2) is 65.4 Å². The average molecular weight is 308 g/mol. The van der Waals surface area contributed by atoms with E-state index in [1.54, 1.807) is 0 Å². The Morgan fingerprint density at radius 2 is 1.95 bits per heavy atom. The van der Waals surface area contributed by atoms with E-state index in [0.29, 0.717) is 12.0 Å². The summed E-state index contributed by atoms with van der Waals surface area (Å²) in [5.74, 6) is 1.86. The lowest BCUT2D eigenvalue weighted by atomic mass is 10.2. The molecule has 0 unspecified atom stereocenters. The van der Waals surface area contributed by atoms with Crippen LogP contribution in [0.25, 0.3) is 0 Å². The quantitative estimate of drug-likeness (QED) is 0.830. The van der Waals surface area contributed by atoms with E-state index in [4.69, 9.17) is 9.26 Å². The van der Waals surface area contributed by atoms with Crippen molar-refractivity contribution in [3.05, 3.63) is 11.7 Å². The van der Waals surface area contributed by atoms with Gasteiger partial charge in [-0.1, -0.05) is 19.0 Å². The summed E-state index contributed by atoms with van der Waals surface area (Å²) in [6.07, 6.45) is 2.89. The Labute approximate surface area is 132 Å². The highest BCUT2D eigenvalue weighted by Gasteiger charge is 2.27. The molecule has 1 aromatic rings. The van der Waals surface area contributed by atoms with Gasteiger partial charge in [-0.05, 0) is 19.8 Å². The van der Waals surface area contributed by atoms with E-state index < -0.39 is 0 Å². The van der Waals surface area contributed by atoms with Gasteiger partial charge in [0.15, 0.2) is 5.82 Å². The highest BCUT2D eigenvalue weighted by molar-refractivity contribution is 4.96. The largest absolute Gasteiger partial charge is 0.377 e. The number of ether oxygens (including phenoxy) is 1. The maximum Gasteiger partial charge on any atom is 0.243 e. The summed E-state index contributed by atoms with van der Waals surface area (Å²) in [6.45, 7) is 12.6. The molecule has 2 aliphatic heterocycles. The highest BCUT2D eigenvalue weighted by atomic mass is 16.5. The van der Waals surface area contributed by atoms with Crippen LogP contribution in [0.3, 0.4) is 0 Å². The van der Waals surface area contributed by atoms with Gasteiger partial charge in [0, 0.05) is 45.2 Å². The van der Waals surface area contributed by atoms with Gasteiger partial charge < -0.3 is 9.26 Å². The number of nitrogens with zero attached hydrogens (tertiary/aromatic N) is 4. The lowest BCUT2D eigenvalue weighted by Gasteiger charge is -2.37. The van der Waals surface area contributed by atoms with Crippen LogP contribution in [-0.2, 0) is 4.74 Å². The number of piperazine rings is 1. The second-order valence-corrected chi connectivity index (χ2v) is 6.79. The minimum Gasteiger partial charge on any atom is -0.377 e. The van der Waals surface area contributed by atoms with Crippen molar-refractivity contribution in [1.82, 2.24) is 19.9 Å². The molecule has 124 valence electrons. The van der Waals surface area contributed by atoms with Crippen LogP contribution in [0.5, 0.6) is 0 Å². The molecule has 6 nitrogen and oxygen atoms in total. The molecule has 2 saturated heterocycles. The van der Waals surface area contributed by atoms with E-state index in [2.05, 4.69) is 40.7 Å². The van der Waals surface area contributed by atoms with Crippen molar-refractivity contribution in [1.29, 1.82) is 0 Å². The first-order chi connectivity index (χ1) is 10.6. The predicted octanol–water partition coefficient (Wildman–Crippen LogP) is 2.05. The molecular weight excluding hydrogens is 280 g/mol. The third-order valence-electron chi connectivity index (χ3n) is 4.77. The summed E-state index contributed by atoms with van der Waals surface area (Å²) in [4.78, 5) is 9.49. The molecule has 0 radical (unpaired) electrons. The smallest absolute Gasteiger partial charge is 0.243 e. The summed E-state index contributed by atoms with van der Waals surface area (Å²) in [5, 5.41) is 4.08. The standard InChI is InChI=1S/C16H28N4O2/c1-12(2)15-17-16(22-18-15)13(3)20-8-6-19(7-9-20)11-14-5-4-10-21-14/h12-14H,4-11H2,1-3H3/t13-,14-/m0/s1. The molecule has 0 aromatic carbocycles. The van der Waals surface area contributed by atoms with Gasteiger partial charge >= 0.3 is 0 Å². The zero-order valence-corrected chi connectivity index (χ0v) is 14.0. The molecule has 3 rings (SSSR count). The van der Waals surface area contributed by atoms with Crippen LogP contribution >= 0.6 is 0 Å².